The fraction of sp³-hybridized carbons (Fsp3) is 0.588. The van der Waals surface area contributed by atoms with E-state index in [4.69, 9.17) is 9.26 Å². The van der Waals surface area contributed by atoms with Gasteiger partial charge >= 0.3 is 0 Å². The highest BCUT2D eigenvalue weighted by Crippen LogP contribution is 2.39. The third-order valence-corrected chi connectivity index (χ3v) is 5.46. The molecule has 0 aromatic carbocycles. The molecule has 29 heavy (non-hydrogen) atoms. The lowest BCUT2D eigenvalue weighted by Gasteiger charge is -2.18. The first kappa shape index (κ1) is 18.4. The minimum Gasteiger partial charge on any atom is -0.391 e. The van der Waals surface area contributed by atoms with Crippen LogP contribution in [0.5, 0.6) is 0 Å². The molecule has 4 heterocycles. The van der Waals surface area contributed by atoms with E-state index in [1.165, 1.54) is 17.2 Å². The predicted molar refractivity (Wildman–Crippen MR) is 96.5 cm³/mol. The van der Waals surface area contributed by atoms with Gasteiger partial charge in [0.05, 0.1) is 18.5 Å². The van der Waals surface area contributed by atoms with E-state index in [1.54, 1.807) is 6.92 Å². The summed E-state index contributed by atoms with van der Waals surface area (Å²) in [5.41, 5.74) is 0.905. The van der Waals surface area contributed by atoms with Gasteiger partial charge in [0.2, 0.25) is 0 Å². The van der Waals surface area contributed by atoms with Gasteiger partial charge in [0.1, 0.15) is 18.5 Å². The van der Waals surface area contributed by atoms with E-state index in [1.807, 2.05) is 0 Å². The zero-order valence-corrected chi connectivity index (χ0v) is 15.6. The van der Waals surface area contributed by atoms with Crippen molar-refractivity contribution in [1.82, 2.24) is 29.7 Å². The Morgan fingerprint density at radius 1 is 1.14 bits per heavy atom. The lowest BCUT2D eigenvalue weighted by molar-refractivity contribution is -0.0451. The van der Waals surface area contributed by atoms with Gasteiger partial charge in [-0.05, 0) is 26.2 Å². The van der Waals surface area contributed by atoms with Crippen LogP contribution in [0.2, 0.25) is 0 Å². The van der Waals surface area contributed by atoms with Crippen LogP contribution < -0.4 is 5.32 Å². The SMILES string of the molecule is Cc1noc([C@H]2O[C@@H](n3cnc4c(N[C@@H]5CCC[C@H]5O)ncnc43)[C@H](O)[C@@H]2O)n1. The summed E-state index contributed by atoms with van der Waals surface area (Å²) >= 11 is 0. The number of aryl methyl sites for hydroxylation is 1. The Hall–Kier alpha value is -2.67. The van der Waals surface area contributed by atoms with Crippen molar-refractivity contribution in [3.63, 3.8) is 0 Å². The normalized spacial score (nSPS) is 32.3. The molecular weight excluding hydrogens is 382 g/mol. The van der Waals surface area contributed by atoms with E-state index < -0.39 is 30.6 Å². The molecule has 1 saturated heterocycles. The first-order chi connectivity index (χ1) is 14.0. The van der Waals surface area contributed by atoms with Crippen molar-refractivity contribution in [3.8, 4) is 0 Å². The Bertz CT molecular complexity index is 1020. The molecule has 0 bridgehead atoms. The number of aliphatic hydroxyl groups is 3. The number of anilines is 1. The minimum absolute atomic E-state index is 0.0909. The summed E-state index contributed by atoms with van der Waals surface area (Å²) in [6.45, 7) is 1.65. The Balaban J connectivity index is 1.45. The molecule has 3 aromatic rings. The van der Waals surface area contributed by atoms with Gasteiger partial charge in [-0.3, -0.25) is 4.57 Å². The van der Waals surface area contributed by atoms with Crippen molar-refractivity contribution in [2.45, 2.75) is 62.9 Å². The molecule has 1 aliphatic carbocycles. The standard InChI is InChI=1S/C17H21N7O5/c1-7-21-16(29-23-7)13-11(26)12(27)17(28-13)24-6-20-10-14(18-5-19-15(10)24)22-8-3-2-4-9(8)25/h5-6,8-9,11-13,17,25-27H,2-4H2,1H3,(H,18,19,22)/t8-,9-,11+,12-,13+,17-/m1/s1. The molecular formula is C17H21N7O5. The Labute approximate surface area is 164 Å². The van der Waals surface area contributed by atoms with E-state index in [2.05, 4.69) is 30.4 Å². The number of hydrogen-bond donors (Lipinski definition) is 4. The van der Waals surface area contributed by atoms with Crippen LogP contribution in [-0.2, 0) is 4.74 Å². The third kappa shape index (κ3) is 3.04. The van der Waals surface area contributed by atoms with Crippen molar-refractivity contribution >= 4 is 17.0 Å². The minimum atomic E-state index is -1.26. The highest BCUT2D eigenvalue weighted by atomic mass is 16.6. The van der Waals surface area contributed by atoms with E-state index in [9.17, 15) is 15.3 Å². The van der Waals surface area contributed by atoms with Crippen LogP contribution in [0.4, 0.5) is 5.82 Å². The number of rotatable bonds is 4. The lowest BCUT2D eigenvalue weighted by Crippen LogP contribution is -2.29. The summed E-state index contributed by atoms with van der Waals surface area (Å²) in [5, 5.41) is 38.0. The lowest BCUT2D eigenvalue weighted by atomic mass is 10.1. The number of aliphatic hydroxyl groups excluding tert-OH is 3. The van der Waals surface area contributed by atoms with Crippen molar-refractivity contribution in [3.05, 3.63) is 24.4 Å². The van der Waals surface area contributed by atoms with Crippen LogP contribution in [0, 0.1) is 6.92 Å². The van der Waals surface area contributed by atoms with Gasteiger partial charge in [-0.25, -0.2) is 15.0 Å². The molecule has 5 rings (SSSR count). The summed E-state index contributed by atoms with van der Waals surface area (Å²) < 4.78 is 12.4. The molecule has 12 nitrogen and oxygen atoms in total. The second-order valence-electron chi connectivity index (χ2n) is 7.40. The van der Waals surface area contributed by atoms with E-state index >= 15 is 0 Å². The number of aromatic nitrogens is 6. The Kier molecular flexibility index (Phi) is 4.42. The molecule has 0 unspecified atom stereocenters. The highest BCUT2D eigenvalue weighted by molar-refractivity contribution is 5.82. The molecule has 2 fully saturated rings. The average molecular weight is 403 g/mol. The van der Waals surface area contributed by atoms with Crippen LogP contribution in [-0.4, -0.2) is 69.3 Å². The molecule has 4 N–H and O–H groups in total. The van der Waals surface area contributed by atoms with Crippen molar-refractivity contribution in [2.24, 2.45) is 0 Å². The summed E-state index contributed by atoms with van der Waals surface area (Å²) in [6, 6.07) is -0.0986. The van der Waals surface area contributed by atoms with E-state index in [-0.39, 0.29) is 11.9 Å². The number of fused-ring (bicyclic) bond motifs is 1. The summed E-state index contributed by atoms with van der Waals surface area (Å²) in [7, 11) is 0. The van der Waals surface area contributed by atoms with Crippen molar-refractivity contribution < 1.29 is 24.6 Å². The van der Waals surface area contributed by atoms with Crippen LogP contribution in [0.1, 0.15) is 43.3 Å². The third-order valence-electron chi connectivity index (χ3n) is 5.46. The number of hydrogen-bond acceptors (Lipinski definition) is 11. The maximum absolute atomic E-state index is 10.6. The summed E-state index contributed by atoms with van der Waals surface area (Å²) in [6.07, 6.45) is 0.505. The van der Waals surface area contributed by atoms with E-state index in [0.29, 0.717) is 22.8 Å². The molecule has 0 radical (unpaired) electrons. The maximum atomic E-state index is 10.6. The molecule has 1 aliphatic heterocycles. The van der Waals surface area contributed by atoms with Crippen LogP contribution in [0.25, 0.3) is 11.2 Å². The van der Waals surface area contributed by atoms with Gasteiger partial charge in [0.25, 0.3) is 5.89 Å². The zero-order chi connectivity index (χ0) is 20.1. The maximum Gasteiger partial charge on any atom is 0.258 e. The average Bonchev–Trinajstić information content (AvgIpc) is 3.47. The number of ether oxygens (including phenoxy) is 1. The highest BCUT2D eigenvalue weighted by Gasteiger charge is 2.47. The van der Waals surface area contributed by atoms with Crippen LogP contribution in [0.3, 0.4) is 0 Å². The van der Waals surface area contributed by atoms with Gasteiger partial charge in [-0.1, -0.05) is 5.16 Å². The molecule has 0 amide bonds. The van der Waals surface area contributed by atoms with Crippen LogP contribution >= 0.6 is 0 Å². The van der Waals surface area contributed by atoms with Gasteiger partial charge in [-0.15, -0.1) is 0 Å². The van der Waals surface area contributed by atoms with Gasteiger partial charge < -0.3 is 29.9 Å². The summed E-state index contributed by atoms with van der Waals surface area (Å²) in [4.78, 5) is 17.0. The molecule has 6 atom stereocenters. The van der Waals surface area contributed by atoms with Crippen molar-refractivity contribution in [1.29, 1.82) is 0 Å². The van der Waals surface area contributed by atoms with Gasteiger partial charge in [-0.2, -0.15) is 4.98 Å². The molecule has 12 heteroatoms. The number of nitrogens with one attached hydrogen (secondary N) is 1. The predicted octanol–water partition coefficient (Wildman–Crippen LogP) is -0.165. The molecule has 0 spiro atoms. The van der Waals surface area contributed by atoms with Crippen LogP contribution in [0.15, 0.2) is 17.2 Å². The Morgan fingerprint density at radius 2 is 2.00 bits per heavy atom. The monoisotopic (exact) mass is 403 g/mol. The quantitative estimate of drug-likeness (QED) is 0.457. The fourth-order valence-corrected chi connectivity index (χ4v) is 3.95. The van der Waals surface area contributed by atoms with Crippen molar-refractivity contribution in [2.75, 3.05) is 5.32 Å². The Morgan fingerprint density at radius 3 is 2.72 bits per heavy atom. The van der Waals surface area contributed by atoms with Gasteiger partial charge in [0.15, 0.2) is 35.1 Å². The second kappa shape index (κ2) is 6.99. The number of imidazole rings is 1. The molecule has 2 aliphatic rings. The largest absolute Gasteiger partial charge is 0.391 e. The topological polar surface area (TPSA) is 164 Å². The molecule has 154 valence electrons. The summed E-state index contributed by atoms with van der Waals surface area (Å²) in [5.74, 6) is 0.990. The zero-order valence-electron chi connectivity index (χ0n) is 15.6. The molecule has 1 saturated carbocycles. The fourth-order valence-electron chi connectivity index (χ4n) is 3.95. The van der Waals surface area contributed by atoms with Gasteiger partial charge in [0, 0.05) is 0 Å². The molecule has 3 aromatic heterocycles. The second-order valence-corrected chi connectivity index (χ2v) is 7.40. The first-order valence-corrected chi connectivity index (χ1v) is 9.47. The number of nitrogens with zero attached hydrogens (tertiary/aromatic N) is 6. The van der Waals surface area contributed by atoms with E-state index in [0.717, 1.165) is 19.3 Å². The first-order valence-electron chi connectivity index (χ1n) is 9.47. The smallest absolute Gasteiger partial charge is 0.258 e.